The molecular weight excluding hydrogens is 359 g/mol. The number of carbonyl (C=O) groups excluding carboxylic acids is 1. The molecule has 3 atom stereocenters. The van der Waals surface area contributed by atoms with Gasteiger partial charge in [0.1, 0.15) is 11.4 Å². The van der Waals surface area contributed by atoms with Crippen LogP contribution >= 0.6 is 0 Å². The first-order chi connectivity index (χ1) is 13.5. The number of nitrogens with two attached hydrogens (primary N) is 1. The third-order valence-corrected chi connectivity index (χ3v) is 5.78. The van der Waals surface area contributed by atoms with Crippen molar-refractivity contribution in [2.24, 2.45) is 17.6 Å². The molecule has 2 fully saturated rings. The van der Waals surface area contributed by atoms with Gasteiger partial charge in [-0.15, -0.1) is 0 Å². The van der Waals surface area contributed by atoms with Crippen molar-refractivity contribution in [3.05, 3.63) is 41.8 Å². The molecule has 2 saturated carbocycles. The Kier molecular flexibility index (Phi) is 5.35. The van der Waals surface area contributed by atoms with Crippen molar-refractivity contribution < 1.29 is 13.9 Å². The summed E-state index contributed by atoms with van der Waals surface area (Å²) in [6.45, 7) is 3.09. The number of aromatic nitrogens is 2. The van der Waals surface area contributed by atoms with Crippen molar-refractivity contribution in [2.45, 2.75) is 51.2 Å². The van der Waals surface area contributed by atoms with Crippen molar-refractivity contribution in [1.29, 1.82) is 0 Å². The van der Waals surface area contributed by atoms with Gasteiger partial charge in [-0.25, -0.2) is 4.39 Å². The molecule has 2 aliphatic rings. The van der Waals surface area contributed by atoms with Crippen LogP contribution in [0.3, 0.4) is 0 Å². The number of primary amides is 1. The number of hydrogen-bond acceptors (Lipinski definition) is 4. The average molecular weight is 386 g/mol. The van der Waals surface area contributed by atoms with Gasteiger partial charge < -0.3 is 15.8 Å². The molecule has 4 rings (SSSR count). The molecule has 1 amide bonds. The van der Waals surface area contributed by atoms with Gasteiger partial charge in [0.25, 0.3) is 5.91 Å². The Balaban J connectivity index is 1.46. The molecule has 0 saturated heterocycles. The summed E-state index contributed by atoms with van der Waals surface area (Å²) in [5.74, 6) is 0.707. The smallest absolute Gasteiger partial charge is 0.254 e. The highest BCUT2D eigenvalue weighted by Crippen LogP contribution is 2.37. The van der Waals surface area contributed by atoms with Crippen molar-refractivity contribution in [1.82, 2.24) is 9.78 Å². The SMILES string of the molecule is CC1CC(OCC2CC2)CCC1n1cc(C(N)=O)c(Nc2ccc(F)cc2)n1. The predicted octanol–water partition coefficient (Wildman–Crippen LogP) is 4.02. The summed E-state index contributed by atoms with van der Waals surface area (Å²) in [7, 11) is 0. The quantitative estimate of drug-likeness (QED) is 0.753. The fraction of sp³-hybridized carbons (Fsp3) is 0.524. The molecule has 7 heteroatoms. The van der Waals surface area contributed by atoms with Crippen LogP contribution in [0.4, 0.5) is 15.9 Å². The molecule has 1 aromatic carbocycles. The van der Waals surface area contributed by atoms with E-state index in [0.717, 1.165) is 31.8 Å². The predicted molar refractivity (Wildman–Crippen MR) is 105 cm³/mol. The molecule has 2 aliphatic carbocycles. The second-order valence-corrected chi connectivity index (χ2v) is 8.12. The van der Waals surface area contributed by atoms with Gasteiger partial charge in [-0.05, 0) is 68.2 Å². The fourth-order valence-corrected chi connectivity index (χ4v) is 3.94. The largest absolute Gasteiger partial charge is 0.378 e. The Morgan fingerprint density at radius 1 is 1.29 bits per heavy atom. The molecule has 0 bridgehead atoms. The second-order valence-electron chi connectivity index (χ2n) is 8.12. The molecular formula is C21H27FN4O2. The molecule has 1 aromatic heterocycles. The minimum absolute atomic E-state index is 0.197. The number of anilines is 2. The van der Waals surface area contributed by atoms with E-state index in [9.17, 15) is 9.18 Å². The van der Waals surface area contributed by atoms with E-state index in [1.165, 1.54) is 25.0 Å². The lowest BCUT2D eigenvalue weighted by atomic mass is 9.84. The molecule has 3 N–H and O–H groups in total. The lowest BCUT2D eigenvalue weighted by molar-refractivity contribution is -0.00432. The van der Waals surface area contributed by atoms with E-state index < -0.39 is 5.91 Å². The van der Waals surface area contributed by atoms with Gasteiger partial charge in [0.15, 0.2) is 5.82 Å². The van der Waals surface area contributed by atoms with Gasteiger partial charge in [-0.1, -0.05) is 6.92 Å². The van der Waals surface area contributed by atoms with Crippen molar-refractivity contribution in [3.8, 4) is 0 Å². The van der Waals surface area contributed by atoms with E-state index in [1.54, 1.807) is 18.3 Å². The molecule has 1 heterocycles. The lowest BCUT2D eigenvalue weighted by Gasteiger charge is -2.34. The number of benzene rings is 1. The van der Waals surface area contributed by atoms with Gasteiger partial charge in [-0.3, -0.25) is 9.48 Å². The average Bonchev–Trinajstić information content (AvgIpc) is 3.41. The van der Waals surface area contributed by atoms with Crippen LogP contribution in [-0.4, -0.2) is 28.4 Å². The van der Waals surface area contributed by atoms with Gasteiger partial charge in [0, 0.05) is 18.5 Å². The van der Waals surface area contributed by atoms with Crippen molar-refractivity contribution >= 4 is 17.4 Å². The molecule has 28 heavy (non-hydrogen) atoms. The summed E-state index contributed by atoms with van der Waals surface area (Å²) >= 11 is 0. The maximum absolute atomic E-state index is 13.1. The van der Waals surface area contributed by atoms with Crippen molar-refractivity contribution in [3.63, 3.8) is 0 Å². The zero-order valence-electron chi connectivity index (χ0n) is 16.1. The first-order valence-corrected chi connectivity index (χ1v) is 10.0. The van der Waals surface area contributed by atoms with Crippen LogP contribution in [-0.2, 0) is 4.74 Å². The molecule has 6 nitrogen and oxygen atoms in total. The number of carbonyl (C=O) groups is 1. The highest BCUT2D eigenvalue weighted by atomic mass is 19.1. The summed E-state index contributed by atoms with van der Waals surface area (Å²) < 4.78 is 21.1. The number of amides is 1. The van der Waals surface area contributed by atoms with Crippen molar-refractivity contribution in [2.75, 3.05) is 11.9 Å². The maximum atomic E-state index is 13.1. The second kappa shape index (κ2) is 7.91. The van der Waals surface area contributed by atoms with E-state index in [1.807, 2.05) is 4.68 Å². The summed E-state index contributed by atoms with van der Waals surface area (Å²) in [6.07, 6.45) is 7.58. The Labute approximate surface area is 164 Å². The normalized spacial score (nSPS) is 24.9. The zero-order chi connectivity index (χ0) is 19.7. The number of rotatable bonds is 7. The maximum Gasteiger partial charge on any atom is 0.254 e. The highest BCUT2D eigenvalue weighted by Gasteiger charge is 2.32. The van der Waals surface area contributed by atoms with E-state index >= 15 is 0 Å². The minimum atomic E-state index is -0.537. The summed E-state index contributed by atoms with van der Waals surface area (Å²) in [6, 6.07) is 6.11. The van der Waals surface area contributed by atoms with Crippen LogP contribution in [0.2, 0.25) is 0 Å². The van der Waals surface area contributed by atoms with Crippen LogP contribution in [0.1, 0.15) is 55.4 Å². The highest BCUT2D eigenvalue weighted by molar-refractivity contribution is 5.98. The summed E-state index contributed by atoms with van der Waals surface area (Å²) in [4.78, 5) is 11.9. The third-order valence-electron chi connectivity index (χ3n) is 5.78. The fourth-order valence-electron chi connectivity index (χ4n) is 3.94. The van der Waals surface area contributed by atoms with Gasteiger partial charge in [0.05, 0.1) is 12.1 Å². The Hall–Kier alpha value is -2.41. The van der Waals surface area contributed by atoms with Crippen LogP contribution < -0.4 is 11.1 Å². The molecule has 0 aliphatic heterocycles. The van der Waals surface area contributed by atoms with Gasteiger partial charge >= 0.3 is 0 Å². The van der Waals surface area contributed by atoms with E-state index in [-0.39, 0.29) is 11.9 Å². The Bertz CT molecular complexity index is 831. The molecule has 2 aromatic rings. The molecule has 0 radical (unpaired) electrons. The minimum Gasteiger partial charge on any atom is -0.378 e. The molecule has 3 unspecified atom stereocenters. The Morgan fingerprint density at radius 3 is 2.68 bits per heavy atom. The number of ether oxygens (including phenoxy) is 1. The first-order valence-electron chi connectivity index (χ1n) is 10.0. The van der Waals surface area contributed by atoms with Crippen LogP contribution in [0.25, 0.3) is 0 Å². The Morgan fingerprint density at radius 2 is 2.04 bits per heavy atom. The van der Waals surface area contributed by atoms with Crippen LogP contribution in [0.5, 0.6) is 0 Å². The molecule has 0 spiro atoms. The van der Waals surface area contributed by atoms with E-state index in [4.69, 9.17) is 10.5 Å². The van der Waals surface area contributed by atoms with Gasteiger partial charge in [-0.2, -0.15) is 5.10 Å². The van der Waals surface area contributed by atoms with E-state index in [2.05, 4.69) is 17.3 Å². The zero-order valence-corrected chi connectivity index (χ0v) is 16.1. The van der Waals surface area contributed by atoms with E-state index in [0.29, 0.717) is 29.1 Å². The van der Waals surface area contributed by atoms with Crippen LogP contribution in [0.15, 0.2) is 30.5 Å². The number of nitrogens with zero attached hydrogens (tertiary/aromatic N) is 2. The lowest BCUT2D eigenvalue weighted by Crippen LogP contribution is -2.30. The third kappa shape index (κ3) is 4.35. The van der Waals surface area contributed by atoms with Gasteiger partial charge in [0.2, 0.25) is 0 Å². The summed E-state index contributed by atoms with van der Waals surface area (Å²) in [5.41, 5.74) is 6.54. The summed E-state index contributed by atoms with van der Waals surface area (Å²) in [5, 5.41) is 7.68. The first kappa shape index (κ1) is 18.9. The molecule has 150 valence electrons. The monoisotopic (exact) mass is 386 g/mol. The number of nitrogens with one attached hydrogen (secondary N) is 1. The topological polar surface area (TPSA) is 82.2 Å². The number of hydrogen-bond donors (Lipinski definition) is 2. The standard InChI is InChI=1S/C21H27FN4O2/c1-13-10-17(28-12-14-2-3-14)8-9-19(13)26-11-18(20(23)27)21(25-26)24-16-6-4-15(22)5-7-16/h4-7,11,13-14,17,19H,2-3,8-10,12H2,1H3,(H2,23,27)(H,24,25). The number of halogens is 1. The van der Waals surface area contributed by atoms with Crippen LogP contribution in [0, 0.1) is 17.7 Å².